The van der Waals surface area contributed by atoms with E-state index in [9.17, 15) is 9.90 Å². The quantitative estimate of drug-likeness (QED) is 0.804. The molecular formula is C16H24N2O2S. The lowest BCUT2D eigenvalue weighted by molar-refractivity contribution is 0.0706. The molecule has 1 atom stereocenters. The van der Waals surface area contributed by atoms with Gasteiger partial charge in [0.2, 0.25) is 0 Å². The zero-order chi connectivity index (χ0) is 15.5. The van der Waals surface area contributed by atoms with Gasteiger partial charge in [0, 0.05) is 18.0 Å². The van der Waals surface area contributed by atoms with Crippen molar-refractivity contribution in [3.8, 4) is 0 Å². The van der Waals surface area contributed by atoms with Crippen molar-refractivity contribution in [3.63, 3.8) is 0 Å². The molecule has 0 aliphatic carbocycles. The summed E-state index contributed by atoms with van der Waals surface area (Å²) in [7, 11) is 0. The van der Waals surface area contributed by atoms with Crippen LogP contribution in [-0.4, -0.2) is 34.8 Å². The van der Waals surface area contributed by atoms with E-state index in [0.29, 0.717) is 12.3 Å². The van der Waals surface area contributed by atoms with Gasteiger partial charge < -0.3 is 15.7 Å². The maximum Gasteiger partial charge on any atom is 0.319 e. The second-order valence-corrected chi connectivity index (χ2v) is 7.77. The molecule has 2 rings (SSSR count). The van der Waals surface area contributed by atoms with Gasteiger partial charge in [0.05, 0.1) is 5.60 Å². The molecule has 0 aromatic heterocycles. The molecule has 1 aliphatic heterocycles. The average Bonchev–Trinajstić information content (AvgIpc) is 2.84. The lowest BCUT2D eigenvalue weighted by Gasteiger charge is -2.22. The Labute approximate surface area is 130 Å². The first-order valence-corrected chi connectivity index (χ1v) is 8.40. The molecule has 1 fully saturated rings. The van der Waals surface area contributed by atoms with Gasteiger partial charge in [0.25, 0.3) is 0 Å². The van der Waals surface area contributed by atoms with Crippen LogP contribution in [0.15, 0.2) is 24.3 Å². The Hall–Kier alpha value is -1.20. The summed E-state index contributed by atoms with van der Waals surface area (Å²) in [5, 5.41) is 15.7. The predicted molar refractivity (Wildman–Crippen MR) is 89.1 cm³/mol. The summed E-state index contributed by atoms with van der Waals surface area (Å²) in [6, 6.07) is 7.58. The molecule has 1 saturated heterocycles. The second-order valence-electron chi connectivity index (χ2n) is 6.66. The maximum absolute atomic E-state index is 11.9. The van der Waals surface area contributed by atoms with Gasteiger partial charge in [-0.25, -0.2) is 4.79 Å². The number of nitrogens with one attached hydrogen (secondary N) is 2. The van der Waals surface area contributed by atoms with Crippen LogP contribution < -0.4 is 10.6 Å². The summed E-state index contributed by atoms with van der Waals surface area (Å²) in [6.45, 7) is 6.76. The van der Waals surface area contributed by atoms with E-state index in [4.69, 9.17) is 0 Å². The number of amides is 2. The molecular weight excluding hydrogens is 284 g/mol. The van der Waals surface area contributed by atoms with E-state index in [1.807, 2.05) is 24.3 Å². The molecule has 4 nitrogen and oxygen atoms in total. The van der Waals surface area contributed by atoms with Crippen molar-refractivity contribution in [2.45, 2.75) is 38.2 Å². The van der Waals surface area contributed by atoms with Crippen LogP contribution in [0.25, 0.3) is 0 Å². The highest BCUT2D eigenvalue weighted by molar-refractivity contribution is 7.99. The normalized spacial score (nSPS) is 22.1. The summed E-state index contributed by atoms with van der Waals surface area (Å²) in [6.07, 6.45) is 0.734. The Kier molecular flexibility index (Phi) is 4.84. The highest BCUT2D eigenvalue weighted by atomic mass is 32.2. The maximum atomic E-state index is 11.9. The van der Waals surface area contributed by atoms with Crippen molar-refractivity contribution in [3.05, 3.63) is 29.8 Å². The van der Waals surface area contributed by atoms with Gasteiger partial charge in [-0.1, -0.05) is 32.9 Å². The van der Waals surface area contributed by atoms with Crippen molar-refractivity contribution in [2.24, 2.45) is 0 Å². The number of hydrogen-bond acceptors (Lipinski definition) is 3. The molecule has 1 aromatic rings. The molecule has 0 spiro atoms. The molecule has 116 valence electrons. The summed E-state index contributed by atoms with van der Waals surface area (Å²) in [4.78, 5) is 11.9. The van der Waals surface area contributed by atoms with Crippen LogP contribution in [0.4, 0.5) is 10.5 Å². The molecule has 3 N–H and O–H groups in total. The van der Waals surface area contributed by atoms with Crippen LogP contribution in [0.1, 0.15) is 32.8 Å². The highest BCUT2D eigenvalue weighted by Gasteiger charge is 2.31. The molecule has 5 heteroatoms. The summed E-state index contributed by atoms with van der Waals surface area (Å²) < 4.78 is 0. The van der Waals surface area contributed by atoms with E-state index in [1.165, 1.54) is 5.56 Å². The van der Waals surface area contributed by atoms with Gasteiger partial charge >= 0.3 is 6.03 Å². The Morgan fingerprint density at radius 2 is 2.00 bits per heavy atom. The van der Waals surface area contributed by atoms with Gasteiger partial charge in [-0.2, -0.15) is 11.8 Å². The van der Waals surface area contributed by atoms with Gasteiger partial charge in [0.1, 0.15) is 0 Å². The number of carbonyl (C=O) groups is 1. The fourth-order valence-electron chi connectivity index (χ4n) is 2.21. The molecule has 0 radical (unpaired) electrons. The lowest BCUT2D eigenvalue weighted by atomic mass is 9.87. The first-order valence-electron chi connectivity index (χ1n) is 7.24. The van der Waals surface area contributed by atoms with Crippen LogP contribution in [-0.2, 0) is 5.41 Å². The van der Waals surface area contributed by atoms with Crippen molar-refractivity contribution in [1.29, 1.82) is 0 Å². The van der Waals surface area contributed by atoms with Crippen molar-refractivity contribution < 1.29 is 9.90 Å². The van der Waals surface area contributed by atoms with Gasteiger partial charge in [-0.15, -0.1) is 0 Å². The number of benzene rings is 1. The Morgan fingerprint density at radius 1 is 1.33 bits per heavy atom. The molecule has 1 aliphatic rings. The molecule has 0 saturated carbocycles. The first kappa shape index (κ1) is 16.2. The third-order valence-electron chi connectivity index (χ3n) is 3.67. The van der Waals surface area contributed by atoms with E-state index >= 15 is 0 Å². The lowest BCUT2D eigenvalue weighted by Crippen LogP contribution is -2.44. The summed E-state index contributed by atoms with van der Waals surface area (Å²) in [5.41, 5.74) is 1.33. The number of rotatable bonds is 3. The zero-order valence-electron chi connectivity index (χ0n) is 12.9. The smallest absolute Gasteiger partial charge is 0.319 e. The second kappa shape index (κ2) is 6.28. The number of anilines is 1. The Bertz CT molecular complexity index is 488. The topological polar surface area (TPSA) is 61.4 Å². The minimum absolute atomic E-state index is 0.101. The van der Waals surface area contributed by atoms with E-state index in [2.05, 4.69) is 31.4 Å². The van der Waals surface area contributed by atoms with Gasteiger partial charge in [0.15, 0.2) is 0 Å². The molecule has 0 bridgehead atoms. The summed E-state index contributed by atoms with van der Waals surface area (Å²) >= 11 is 1.72. The van der Waals surface area contributed by atoms with Crippen molar-refractivity contribution in [2.75, 3.05) is 23.4 Å². The Balaban J connectivity index is 1.85. The third kappa shape index (κ3) is 4.64. The largest absolute Gasteiger partial charge is 0.387 e. The average molecular weight is 308 g/mol. The van der Waals surface area contributed by atoms with E-state index in [-0.39, 0.29) is 11.4 Å². The minimum Gasteiger partial charge on any atom is -0.387 e. The molecule has 2 amide bonds. The van der Waals surface area contributed by atoms with Crippen molar-refractivity contribution in [1.82, 2.24) is 5.32 Å². The SMILES string of the molecule is CC(C)(C)c1ccc(NC(=O)NCC2(O)CCSC2)cc1. The third-order valence-corrected chi connectivity index (χ3v) is 4.90. The first-order chi connectivity index (χ1) is 9.78. The van der Waals surface area contributed by atoms with E-state index in [0.717, 1.165) is 17.9 Å². The van der Waals surface area contributed by atoms with Crippen LogP contribution in [0.2, 0.25) is 0 Å². The zero-order valence-corrected chi connectivity index (χ0v) is 13.7. The van der Waals surface area contributed by atoms with Crippen LogP contribution in [0.5, 0.6) is 0 Å². The fraction of sp³-hybridized carbons (Fsp3) is 0.562. The monoisotopic (exact) mass is 308 g/mol. The number of urea groups is 1. The Morgan fingerprint density at radius 3 is 2.52 bits per heavy atom. The molecule has 1 unspecified atom stereocenters. The summed E-state index contributed by atoms with van der Waals surface area (Å²) in [5.74, 6) is 1.64. The van der Waals surface area contributed by atoms with Gasteiger partial charge in [-0.3, -0.25) is 0 Å². The molecule has 1 aromatic carbocycles. The number of carbonyl (C=O) groups excluding carboxylic acids is 1. The minimum atomic E-state index is -0.752. The van der Waals surface area contributed by atoms with Gasteiger partial charge in [-0.05, 0) is 35.3 Å². The van der Waals surface area contributed by atoms with E-state index in [1.54, 1.807) is 11.8 Å². The number of thioether (sulfide) groups is 1. The number of aliphatic hydroxyl groups is 1. The highest BCUT2D eigenvalue weighted by Crippen LogP contribution is 2.27. The number of hydrogen-bond donors (Lipinski definition) is 3. The van der Waals surface area contributed by atoms with Crippen LogP contribution >= 0.6 is 11.8 Å². The standard InChI is InChI=1S/C16H24N2O2S/c1-15(2,3)12-4-6-13(7-5-12)18-14(19)17-10-16(20)8-9-21-11-16/h4-7,20H,8-11H2,1-3H3,(H2,17,18,19). The van der Waals surface area contributed by atoms with E-state index < -0.39 is 5.60 Å². The fourth-order valence-corrected chi connectivity index (χ4v) is 3.50. The van der Waals surface area contributed by atoms with Crippen LogP contribution in [0.3, 0.4) is 0 Å². The van der Waals surface area contributed by atoms with Crippen molar-refractivity contribution >= 4 is 23.5 Å². The predicted octanol–water partition coefficient (Wildman–Crippen LogP) is 2.97. The van der Waals surface area contributed by atoms with Crippen LogP contribution in [0, 0.1) is 0 Å². The molecule has 21 heavy (non-hydrogen) atoms. The molecule has 1 heterocycles.